The van der Waals surface area contributed by atoms with Crippen molar-refractivity contribution in [3.8, 4) is 0 Å². The van der Waals surface area contributed by atoms with Gasteiger partial charge in [0, 0.05) is 31.1 Å². The van der Waals surface area contributed by atoms with Gasteiger partial charge in [0.2, 0.25) is 0 Å². The molecule has 0 atom stereocenters. The Labute approximate surface area is 117 Å². The number of nitrogen functional groups attached to an aromatic ring is 1. The summed E-state index contributed by atoms with van der Waals surface area (Å²) in [5.41, 5.74) is 8.00. The monoisotopic (exact) mass is 274 g/mol. The van der Waals surface area contributed by atoms with Crippen molar-refractivity contribution in [1.29, 1.82) is 0 Å². The number of nitrogens with zero attached hydrogens (tertiary/aromatic N) is 2. The van der Waals surface area contributed by atoms with Crippen molar-refractivity contribution in [2.75, 3.05) is 18.2 Å². The van der Waals surface area contributed by atoms with Crippen LogP contribution in [0.3, 0.4) is 0 Å². The lowest BCUT2D eigenvalue weighted by Gasteiger charge is -2.09. The molecule has 0 saturated carbocycles. The third kappa shape index (κ3) is 2.97. The van der Waals surface area contributed by atoms with Crippen LogP contribution in [0.1, 0.15) is 23.0 Å². The number of amides is 1. The minimum Gasteiger partial charge on any atom is -0.396 e. The first-order valence-electron chi connectivity index (χ1n) is 6.36. The maximum atomic E-state index is 12.2. The number of benzene rings is 1. The summed E-state index contributed by atoms with van der Waals surface area (Å²) in [6, 6.07) is 7.46. The van der Waals surface area contributed by atoms with Crippen molar-refractivity contribution >= 4 is 17.3 Å². The summed E-state index contributed by atoms with van der Waals surface area (Å²) in [5, 5.41) is 6.96. The maximum absolute atomic E-state index is 12.2. The average Bonchev–Trinajstić information content (AvgIpc) is 2.82. The molecule has 0 spiro atoms. The zero-order valence-electron chi connectivity index (χ0n) is 11.6. The Morgan fingerprint density at radius 3 is 2.85 bits per heavy atom. The topological polar surface area (TPSA) is 82.2 Å². The second kappa shape index (κ2) is 6.21. The van der Waals surface area contributed by atoms with Crippen molar-refractivity contribution in [3.63, 3.8) is 0 Å². The van der Waals surface area contributed by atoms with E-state index in [9.17, 15) is 4.79 Å². The first kappa shape index (κ1) is 14.1. The number of ether oxygens (including phenoxy) is 1. The van der Waals surface area contributed by atoms with Crippen LogP contribution in [0.4, 0.5) is 11.4 Å². The number of rotatable bonds is 5. The fourth-order valence-corrected chi connectivity index (χ4v) is 1.88. The highest BCUT2D eigenvalue weighted by atomic mass is 16.5. The highest BCUT2D eigenvalue weighted by Crippen LogP contribution is 2.18. The summed E-state index contributed by atoms with van der Waals surface area (Å²) in [6.45, 7) is 3.02. The Hall–Kier alpha value is -2.34. The third-order valence-corrected chi connectivity index (χ3v) is 2.89. The van der Waals surface area contributed by atoms with Gasteiger partial charge in [0.15, 0.2) is 5.69 Å². The molecule has 1 heterocycles. The van der Waals surface area contributed by atoms with Crippen molar-refractivity contribution in [1.82, 2.24) is 9.78 Å². The van der Waals surface area contributed by atoms with Gasteiger partial charge in [-0.15, -0.1) is 0 Å². The third-order valence-electron chi connectivity index (χ3n) is 2.89. The summed E-state index contributed by atoms with van der Waals surface area (Å²) < 4.78 is 6.74. The fourth-order valence-electron chi connectivity index (χ4n) is 1.88. The number of aromatic nitrogens is 2. The molecule has 1 aromatic carbocycles. The van der Waals surface area contributed by atoms with E-state index in [1.54, 1.807) is 18.0 Å². The molecule has 106 valence electrons. The molecule has 6 heteroatoms. The highest BCUT2D eigenvalue weighted by Gasteiger charge is 2.15. The second-order valence-electron chi connectivity index (χ2n) is 4.33. The lowest BCUT2D eigenvalue weighted by molar-refractivity contribution is 0.102. The molecule has 0 radical (unpaired) electrons. The molecule has 0 unspecified atom stereocenters. The fraction of sp³-hybridized carbons (Fsp3) is 0.286. The Kier molecular flexibility index (Phi) is 4.37. The van der Waals surface area contributed by atoms with Gasteiger partial charge < -0.3 is 15.8 Å². The van der Waals surface area contributed by atoms with Crippen LogP contribution in [0.5, 0.6) is 0 Å². The number of nitrogens with two attached hydrogens (primary N) is 1. The summed E-state index contributed by atoms with van der Waals surface area (Å²) in [7, 11) is 1.61. The standard InChI is InChI=1S/C14H18N4O2/c1-3-18-8-11(15)13(17-18)14(19)16-12-7-5-4-6-10(12)9-20-2/h4-8H,3,9,15H2,1-2H3,(H,16,19). The minimum absolute atomic E-state index is 0.235. The van der Waals surface area contributed by atoms with Crippen LogP contribution in [-0.4, -0.2) is 22.8 Å². The van der Waals surface area contributed by atoms with Crippen LogP contribution < -0.4 is 11.1 Å². The van der Waals surface area contributed by atoms with Crippen molar-refractivity contribution < 1.29 is 9.53 Å². The molecule has 6 nitrogen and oxygen atoms in total. The van der Waals surface area contributed by atoms with E-state index in [1.807, 2.05) is 31.2 Å². The molecular formula is C14H18N4O2. The van der Waals surface area contributed by atoms with Gasteiger partial charge in [-0.05, 0) is 13.0 Å². The molecule has 0 aliphatic rings. The van der Waals surface area contributed by atoms with Crippen LogP contribution >= 0.6 is 0 Å². The molecule has 0 aliphatic heterocycles. The van der Waals surface area contributed by atoms with Crippen LogP contribution in [0.25, 0.3) is 0 Å². The molecule has 0 aliphatic carbocycles. The molecule has 1 aromatic heterocycles. The lowest BCUT2D eigenvalue weighted by atomic mass is 10.2. The number of anilines is 2. The van der Waals surface area contributed by atoms with E-state index < -0.39 is 0 Å². The van der Waals surface area contributed by atoms with Gasteiger partial charge in [0.25, 0.3) is 5.91 Å². The Balaban J connectivity index is 2.21. The lowest BCUT2D eigenvalue weighted by Crippen LogP contribution is -2.16. The summed E-state index contributed by atoms with van der Waals surface area (Å²) >= 11 is 0. The Morgan fingerprint density at radius 2 is 2.20 bits per heavy atom. The predicted molar refractivity (Wildman–Crippen MR) is 77.4 cm³/mol. The number of hydrogen-bond acceptors (Lipinski definition) is 4. The van der Waals surface area contributed by atoms with Gasteiger partial charge in [0.1, 0.15) is 0 Å². The van der Waals surface area contributed by atoms with E-state index in [0.29, 0.717) is 24.5 Å². The van der Waals surface area contributed by atoms with Gasteiger partial charge >= 0.3 is 0 Å². The largest absolute Gasteiger partial charge is 0.396 e. The highest BCUT2D eigenvalue weighted by molar-refractivity contribution is 6.06. The molecule has 20 heavy (non-hydrogen) atoms. The van der Waals surface area contributed by atoms with Gasteiger partial charge in [-0.25, -0.2) is 0 Å². The first-order valence-corrected chi connectivity index (χ1v) is 6.36. The van der Waals surface area contributed by atoms with E-state index in [-0.39, 0.29) is 11.6 Å². The SMILES string of the molecule is CCn1cc(N)c(C(=O)Nc2ccccc2COC)n1. The molecule has 0 bridgehead atoms. The number of carbonyl (C=O) groups excluding carboxylic acids is 1. The van der Waals surface area contributed by atoms with E-state index in [1.165, 1.54) is 0 Å². The van der Waals surface area contributed by atoms with Crippen LogP contribution in [0.15, 0.2) is 30.5 Å². The first-order chi connectivity index (χ1) is 9.65. The number of carbonyl (C=O) groups is 1. The smallest absolute Gasteiger partial charge is 0.278 e. The predicted octanol–water partition coefficient (Wildman–Crippen LogP) is 1.88. The number of nitrogens with one attached hydrogen (secondary N) is 1. The van der Waals surface area contributed by atoms with Crippen LogP contribution in [-0.2, 0) is 17.9 Å². The number of aryl methyl sites for hydroxylation is 1. The zero-order chi connectivity index (χ0) is 14.5. The normalized spacial score (nSPS) is 10.5. The molecule has 0 saturated heterocycles. The zero-order valence-corrected chi connectivity index (χ0v) is 11.6. The molecule has 0 fully saturated rings. The number of hydrogen-bond donors (Lipinski definition) is 2. The average molecular weight is 274 g/mol. The molecule has 2 aromatic rings. The van der Waals surface area contributed by atoms with Gasteiger partial charge in [0.05, 0.1) is 12.3 Å². The van der Waals surface area contributed by atoms with Gasteiger partial charge in [-0.2, -0.15) is 5.10 Å². The van der Waals surface area contributed by atoms with E-state index in [4.69, 9.17) is 10.5 Å². The Bertz CT molecular complexity index is 607. The summed E-state index contributed by atoms with van der Waals surface area (Å²) in [6.07, 6.45) is 1.65. The minimum atomic E-state index is -0.321. The maximum Gasteiger partial charge on any atom is 0.278 e. The second-order valence-corrected chi connectivity index (χ2v) is 4.33. The summed E-state index contributed by atoms with van der Waals surface area (Å²) in [5.74, 6) is -0.321. The number of methoxy groups -OCH3 is 1. The molecule has 1 amide bonds. The summed E-state index contributed by atoms with van der Waals surface area (Å²) in [4.78, 5) is 12.2. The van der Waals surface area contributed by atoms with E-state index >= 15 is 0 Å². The van der Waals surface area contributed by atoms with Crippen LogP contribution in [0, 0.1) is 0 Å². The van der Waals surface area contributed by atoms with Crippen molar-refractivity contribution in [2.24, 2.45) is 0 Å². The van der Waals surface area contributed by atoms with E-state index in [2.05, 4.69) is 10.4 Å². The number of para-hydroxylation sites is 1. The Morgan fingerprint density at radius 1 is 1.45 bits per heavy atom. The molecule has 3 N–H and O–H groups in total. The van der Waals surface area contributed by atoms with Gasteiger partial charge in [-0.3, -0.25) is 9.48 Å². The molecule has 2 rings (SSSR count). The van der Waals surface area contributed by atoms with Crippen molar-refractivity contribution in [3.05, 3.63) is 41.7 Å². The van der Waals surface area contributed by atoms with E-state index in [0.717, 1.165) is 5.56 Å². The molecular weight excluding hydrogens is 256 g/mol. The van der Waals surface area contributed by atoms with Gasteiger partial charge in [-0.1, -0.05) is 18.2 Å². The quantitative estimate of drug-likeness (QED) is 0.872. The van der Waals surface area contributed by atoms with Crippen molar-refractivity contribution in [2.45, 2.75) is 20.1 Å². The van der Waals surface area contributed by atoms with Crippen LogP contribution in [0.2, 0.25) is 0 Å².